The Hall–Kier alpha value is -9.97. The van der Waals surface area contributed by atoms with Gasteiger partial charge in [0.1, 0.15) is 11.2 Å². The number of ketones is 3. The third kappa shape index (κ3) is 23.9. The molecule has 15 aromatic rings. The first kappa shape index (κ1) is 92.5. The molecule has 0 fully saturated rings. The van der Waals surface area contributed by atoms with Crippen LogP contribution in [-0.2, 0) is 93.0 Å². The maximum absolute atomic E-state index is 11.2. The second-order valence-corrected chi connectivity index (χ2v) is 33.0. The van der Waals surface area contributed by atoms with Crippen molar-refractivity contribution in [3.8, 4) is 56.0 Å². The molecule has 3 N–H and O–H groups in total. The molecule has 0 spiro atoms. The van der Waals surface area contributed by atoms with Crippen LogP contribution < -0.4 is 0 Å². The number of benzene rings is 10. The summed E-state index contributed by atoms with van der Waals surface area (Å²) >= 11 is 1.85. The van der Waals surface area contributed by atoms with E-state index in [2.05, 4.69) is 243 Å². The summed E-state index contributed by atoms with van der Waals surface area (Å²) in [5.74, 6) is 2.02. The second-order valence-electron chi connectivity index (χ2n) is 31.9. The van der Waals surface area contributed by atoms with Crippen molar-refractivity contribution in [2.24, 2.45) is 23.7 Å². The van der Waals surface area contributed by atoms with Crippen molar-refractivity contribution in [2.75, 3.05) is 0 Å². The number of carbonyl (C=O) groups is 3. The minimum Gasteiger partial charge on any atom is -0.512 e. The molecule has 0 aliphatic heterocycles. The molecular weight excluding hydrogens is 2000 g/mol. The predicted octanol–water partition coefficient (Wildman–Crippen LogP) is 27.5. The molecular formula is C103H102Ir3N3O7S-3. The van der Waals surface area contributed by atoms with Crippen LogP contribution in [0, 0.1) is 55.7 Å². The topological polar surface area (TPSA) is 164 Å². The van der Waals surface area contributed by atoms with Crippen molar-refractivity contribution >= 4 is 104 Å². The van der Waals surface area contributed by atoms with E-state index < -0.39 is 0 Å². The van der Waals surface area contributed by atoms with Gasteiger partial charge in [0, 0.05) is 150 Å². The Bertz CT molecular complexity index is 6060. The number of fused-ring (bicyclic) bond motifs is 12. The fourth-order valence-electron chi connectivity index (χ4n) is 14.6. The molecule has 3 radical (unpaired) electrons. The van der Waals surface area contributed by atoms with E-state index in [9.17, 15) is 19.5 Å². The first-order valence-electron chi connectivity index (χ1n) is 39.2. The Morgan fingerprint density at radius 1 is 0.427 bits per heavy atom. The molecule has 16 rings (SSSR count). The molecule has 10 nitrogen and oxygen atoms in total. The average molecular weight is 2100 g/mol. The smallest absolute Gasteiger partial charge is 0.159 e. The number of aryl methyl sites for hydroxylation is 2. The van der Waals surface area contributed by atoms with E-state index in [1.807, 2.05) is 87.6 Å². The van der Waals surface area contributed by atoms with E-state index in [1.54, 1.807) is 0 Å². The van der Waals surface area contributed by atoms with E-state index in [0.717, 1.165) is 85.1 Å². The van der Waals surface area contributed by atoms with E-state index in [1.165, 1.54) is 138 Å². The maximum Gasteiger partial charge on any atom is 0.159 e. The number of hydrogen-bond acceptors (Lipinski definition) is 11. The zero-order valence-corrected chi connectivity index (χ0v) is 77.4. The average Bonchev–Trinajstić information content (AvgIpc) is 1.57. The summed E-state index contributed by atoms with van der Waals surface area (Å²) in [7, 11) is 0. The molecule has 0 unspecified atom stereocenters. The van der Waals surface area contributed by atoms with Crippen LogP contribution in [0.2, 0.25) is 0 Å². The van der Waals surface area contributed by atoms with E-state index in [4.69, 9.17) is 29.6 Å². The van der Waals surface area contributed by atoms with Gasteiger partial charge in [-0.2, -0.15) is 0 Å². The van der Waals surface area contributed by atoms with Gasteiger partial charge in [-0.1, -0.05) is 185 Å². The molecule has 10 aromatic carbocycles. The van der Waals surface area contributed by atoms with Crippen LogP contribution in [0.4, 0.5) is 0 Å². The first-order valence-corrected chi connectivity index (χ1v) is 40.0. The third-order valence-corrected chi connectivity index (χ3v) is 20.6. The zero-order valence-electron chi connectivity index (χ0n) is 69.4. The van der Waals surface area contributed by atoms with Crippen LogP contribution in [0.25, 0.3) is 131 Å². The molecule has 0 bridgehead atoms. The molecule has 0 amide bonds. The van der Waals surface area contributed by atoms with Crippen LogP contribution >= 0.6 is 11.3 Å². The van der Waals surface area contributed by atoms with Gasteiger partial charge in [-0.05, 0) is 175 Å². The van der Waals surface area contributed by atoms with E-state index in [0.29, 0.717) is 36.5 Å². The van der Waals surface area contributed by atoms with Crippen molar-refractivity contribution in [2.45, 2.75) is 142 Å². The fraction of sp³-hybridized carbons (Fsp3) is 0.243. The molecule has 5 aromatic heterocycles. The minimum absolute atomic E-state index is 0. The standard InChI is InChI=1S/C31H24N.C26H22NO.C25H20NS.C11H20O2.2C5H8O2.3Ir/c1-20-10-9-13-22(16-20)24-18-29(21-11-5-4-6-12-21)32-30-19-28-25(17-26(24)30)23-14-7-8-15-27(23)31(28,2)3;1-16(2)12-19-13-23(18-10-8-17(3)9-11-18)27-24-15-26-22(14-21(19)24)20-6-4-5-7-25(20)28-26;1-16(2)12-18-13-22(17-8-4-3-5-9-17)26-23-15-25-21(14-20(18)23)19-10-6-7-11-24(19)27-25;1-8(2)5-10(12)7-11(13)6-9(3)4;2*1-4(6)3-5(2)7;;;/h4-11,13-19H,1-3H3;4-10,13-16H,12H2,1-3H3;3-8,10-11,13-16H,12H2,1-2H3;7-9,12H,5-6H2,1-4H3;2*3,6H,1-2H3;;;/q3*-1;;;;;;. The number of pyridine rings is 3. The normalized spacial score (nSPS) is 12.1. The number of aliphatic hydroxyl groups excluding tert-OH is 3. The maximum atomic E-state index is 11.2. The molecule has 1 aliphatic carbocycles. The second kappa shape index (κ2) is 41.9. The number of aliphatic hydroxyl groups is 3. The number of carbonyl (C=O) groups excluding carboxylic acids is 3. The summed E-state index contributed by atoms with van der Waals surface area (Å²) in [6, 6.07) is 87.3. The summed E-state index contributed by atoms with van der Waals surface area (Å²) in [6.07, 6.45) is 6.86. The van der Waals surface area contributed by atoms with Crippen LogP contribution in [0.5, 0.6) is 0 Å². The number of aromatic nitrogens is 3. The van der Waals surface area contributed by atoms with Gasteiger partial charge in [-0.25, -0.2) is 0 Å². The number of hydrogen-bond donors (Lipinski definition) is 3. The van der Waals surface area contributed by atoms with Gasteiger partial charge in [0.25, 0.3) is 0 Å². The number of para-hydroxylation sites is 1. The number of nitrogens with zero attached hydrogens (tertiary/aromatic N) is 3. The summed E-state index contributed by atoms with van der Waals surface area (Å²) < 4.78 is 8.74. The largest absolute Gasteiger partial charge is 0.512 e. The monoisotopic (exact) mass is 2100 g/mol. The van der Waals surface area contributed by atoms with Gasteiger partial charge in [-0.15, -0.1) is 119 Å². The van der Waals surface area contributed by atoms with Crippen LogP contribution in [0.15, 0.2) is 258 Å². The van der Waals surface area contributed by atoms with Gasteiger partial charge in [0.15, 0.2) is 17.3 Å². The van der Waals surface area contributed by atoms with Gasteiger partial charge in [0.05, 0.1) is 33.8 Å². The van der Waals surface area contributed by atoms with E-state index in [-0.39, 0.29) is 100 Å². The SMILES string of the molecule is CC(=O)C=C(C)O.CC(=O)C=C(C)O.CC(C)CC(=O)C=C(O)CC(C)C.CC(C)Cc1cc(-c2[c-]cccc2)nc2cc3sc4ccccc4c3cc12.Cc1c[c-]c(-c2cc(CC(C)C)c3cc4c(cc3n2)oc2ccccc24)cc1.Cc1cccc(-c2cc(-c3[c-]cccc3)nc3cc4c(cc23)-c2ccccc2C4(C)C)c1.[Ir].[Ir].[Ir]. The van der Waals surface area contributed by atoms with E-state index >= 15 is 0 Å². The number of thiophene rings is 1. The van der Waals surface area contributed by atoms with Gasteiger partial charge >= 0.3 is 0 Å². The Morgan fingerprint density at radius 3 is 1.50 bits per heavy atom. The summed E-state index contributed by atoms with van der Waals surface area (Å²) in [6.45, 7) is 31.6. The van der Waals surface area contributed by atoms with Gasteiger partial charge in [0.2, 0.25) is 0 Å². The molecule has 607 valence electrons. The number of rotatable bonds is 15. The molecule has 0 saturated carbocycles. The van der Waals surface area contributed by atoms with Crippen molar-refractivity contribution in [1.82, 2.24) is 15.0 Å². The zero-order chi connectivity index (χ0) is 81.7. The summed E-state index contributed by atoms with van der Waals surface area (Å²) in [4.78, 5) is 46.4. The van der Waals surface area contributed by atoms with Crippen molar-refractivity contribution in [1.29, 1.82) is 0 Å². The Labute approximate surface area is 733 Å². The van der Waals surface area contributed by atoms with Crippen LogP contribution in [0.1, 0.15) is 143 Å². The number of furan rings is 1. The van der Waals surface area contributed by atoms with Crippen molar-refractivity contribution < 1.29 is 94.4 Å². The molecule has 5 heterocycles. The van der Waals surface area contributed by atoms with Crippen molar-refractivity contribution in [3.05, 3.63) is 305 Å². The quantitative estimate of drug-likeness (QED) is 0.0511. The predicted molar refractivity (Wildman–Crippen MR) is 477 cm³/mol. The Balaban J connectivity index is 0.000000188. The molecule has 14 heteroatoms. The molecule has 1 aliphatic rings. The molecule has 0 atom stereocenters. The van der Waals surface area contributed by atoms with Crippen LogP contribution in [-0.4, -0.2) is 47.6 Å². The summed E-state index contributed by atoms with van der Waals surface area (Å²) in [5.41, 5.74) is 23.9. The third-order valence-electron chi connectivity index (χ3n) is 19.5. The molecule has 117 heavy (non-hydrogen) atoms. The summed E-state index contributed by atoms with van der Waals surface area (Å²) in [5, 5.41) is 34.8. The number of allylic oxidation sites excluding steroid dienone is 6. The van der Waals surface area contributed by atoms with Crippen LogP contribution in [0.3, 0.4) is 0 Å². The molecule has 0 saturated heterocycles. The fourth-order valence-corrected chi connectivity index (χ4v) is 15.7. The van der Waals surface area contributed by atoms with Gasteiger partial charge < -0.3 is 19.7 Å². The minimum atomic E-state index is -0.125. The van der Waals surface area contributed by atoms with Gasteiger partial charge in [-0.3, -0.25) is 29.3 Å². The first-order chi connectivity index (χ1) is 54.5. The Morgan fingerprint density at radius 2 is 0.957 bits per heavy atom. The van der Waals surface area contributed by atoms with Crippen molar-refractivity contribution in [3.63, 3.8) is 0 Å². The Kier molecular flexibility index (Phi) is 33.2.